The minimum atomic E-state index is -0.571. The maximum absolute atomic E-state index is 10.5. The third-order valence-electron chi connectivity index (χ3n) is 3.74. The molecule has 0 aliphatic rings. The summed E-state index contributed by atoms with van der Waals surface area (Å²) in [6.45, 7) is 4.15. The van der Waals surface area contributed by atoms with Gasteiger partial charge in [0.1, 0.15) is 6.10 Å². The van der Waals surface area contributed by atoms with Gasteiger partial charge in [-0.1, -0.05) is 24.3 Å². The van der Waals surface area contributed by atoms with Crippen LogP contribution < -0.4 is 0 Å². The molecule has 0 amide bonds. The SMILES string of the molecule is Cc1ccc(C(O)c2ccc3[nH]ccc3c2)cc1C. The highest BCUT2D eigenvalue weighted by Crippen LogP contribution is 2.26. The van der Waals surface area contributed by atoms with E-state index in [1.165, 1.54) is 11.1 Å². The zero-order chi connectivity index (χ0) is 13.4. The van der Waals surface area contributed by atoms with Crippen LogP contribution in [-0.2, 0) is 0 Å². The Morgan fingerprint density at radius 1 is 0.895 bits per heavy atom. The lowest BCUT2D eigenvalue weighted by Gasteiger charge is -2.13. The molecule has 2 nitrogen and oxygen atoms in total. The lowest BCUT2D eigenvalue weighted by Crippen LogP contribution is -2.00. The number of rotatable bonds is 2. The Bertz CT molecular complexity index is 727. The van der Waals surface area contributed by atoms with E-state index in [-0.39, 0.29) is 0 Å². The number of hydrogen-bond donors (Lipinski definition) is 2. The Morgan fingerprint density at radius 2 is 1.63 bits per heavy atom. The van der Waals surface area contributed by atoms with Gasteiger partial charge in [0.2, 0.25) is 0 Å². The molecule has 3 aromatic rings. The molecule has 96 valence electrons. The van der Waals surface area contributed by atoms with Gasteiger partial charge in [-0.3, -0.25) is 0 Å². The van der Waals surface area contributed by atoms with Crippen molar-refractivity contribution in [2.75, 3.05) is 0 Å². The van der Waals surface area contributed by atoms with Gasteiger partial charge in [0, 0.05) is 11.7 Å². The lowest BCUT2D eigenvalue weighted by atomic mass is 9.97. The Morgan fingerprint density at radius 3 is 2.42 bits per heavy atom. The molecule has 2 aromatic carbocycles. The summed E-state index contributed by atoms with van der Waals surface area (Å²) in [6, 6.07) is 14.1. The van der Waals surface area contributed by atoms with E-state index in [4.69, 9.17) is 0 Å². The van der Waals surface area contributed by atoms with Crippen molar-refractivity contribution in [2.45, 2.75) is 20.0 Å². The van der Waals surface area contributed by atoms with Gasteiger partial charge in [-0.25, -0.2) is 0 Å². The predicted molar refractivity (Wildman–Crippen MR) is 78.3 cm³/mol. The van der Waals surface area contributed by atoms with Gasteiger partial charge >= 0.3 is 0 Å². The maximum atomic E-state index is 10.5. The van der Waals surface area contributed by atoms with Crippen LogP contribution in [0.3, 0.4) is 0 Å². The second-order valence-corrected chi connectivity index (χ2v) is 5.07. The Balaban J connectivity index is 2.01. The first-order valence-electron chi connectivity index (χ1n) is 6.47. The predicted octanol–water partition coefficient (Wildman–Crippen LogP) is 3.87. The highest BCUT2D eigenvalue weighted by atomic mass is 16.3. The molecule has 0 saturated heterocycles. The summed E-state index contributed by atoms with van der Waals surface area (Å²) in [5, 5.41) is 11.6. The van der Waals surface area contributed by atoms with Crippen LogP contribution >= 0.6 is 0 Å². The zero-order valence-electron chi connectivity index (χ0n) is 11.1. The Labute approximate surface area is 112 Å². The van der Waals surface area contributed by atoms with Crippen LogP contribution in [0.1, 0.15) is 28.4 Å². The molecule has 19 heavy (non-hydrogen) atoms. The zero-order valence-corrected chi connectivity index (χ0v) is 11.1. The highest BCUT2D eigenvalue weighted by molar-refractivity contribution is 5.80. The molecule has 2 heteroatoms. The number of H-pyrrole nitrogens is 1. The van der Waals surface area contributed by atoms with E-state index in [0.717, 1.165) is 22.0 Å². The summed E-state index contributed by atoms with van der Waals surface area (Å²) < 4.78 is 0. The van der Waals surface area contributed by atoms with Crippen LogP contribution in [0.15, 0.2) is 48.7 Å². The topological polar surface area (TPSA) is 36.0 Å². The van der Waals surface area contributed by atoms with Crippen LogP contribution in [-0.4, -0.2) is 10.1 Å². The fourth-order valence-electron chi connectivity index (χ4n) is 2.37. The normalized spacial score (nSPS) is 12.8. The first kappa shape index (κ1) is 12.0. The number of aryl methyl sites for hydroxylation is 2. The molecule has 0 bridgehead atoms. The molecule has 0 aliphatic heterocycles. The number of benzene rings is 2. The van der Waals surface area contributed by atoms with E-state index in [1.807, 2.05) is 36.5 Å². The number of aromatic nitrogens is 1. The van der Waals surface area contributed by atoms with Crippen molar-refractivity contribution in [1.82, 2.24) is 4.98 Å². The lowest BCUT2D eigenvalue weighted by molar-refractivity contribution is 0.220. The number of hydrogen-bond acceptors (Lipinski definition) is 1. The second-order valence-electron chi connectivity index (χ2n) is 5.07. The molecule has 0 spiro atoms. The van der Waals surface area contributed by atoms with Gasteiger partial charge < -0.3 is 10.1 Å². The second kappa shape index (κ2) is 4.56. The average molecular weight is 251 g/mol. The number of fused-ring (bicyclic) bond motifs is 1. The van der Waals surface area contributed by atoms with Crippen molar-refractivity contribution in [1.29, 1.82) is 0 Å². The standard InChI is InChI=1S/C17H17NO/c1-11-3-4-14(9-12(11)2)17(19)15-5-6-16-13(10-15)7-8-18-16/h3-10,17-19H,1-2H3. The van der Waals surface area contributed by atoms with Crippen LogP contribution in [0, 0.1) is 13.8 Å². The van der Waals surface area contributed by atoms with Crippen molar-refractivity contribution >= 4 is 10.9 Å². The Kier molecular flexibility index (Phi) is 2.88. The molecule has 2 N–H and O–H groups in total. The number of nitrogens with one attached hydrogen (secondary N) is 1. The van der Waals surface area contributed by atoms with Gasteiger partial charge in [-0.2, -0.15) is 0 Å². The van der Waals surface area contributed by atoms with Crippen molar-refractivity contribution in [3.63, 3.8) is 0 Å². The molecule has 1 aromatic heterocycles. The number of aliphatic hydroxyl groups excluding tert-OH is 1. The fraction of sp³-hybridized carbons (Fsp3) is 0.176. The Hall–Kier alpha value is -2.06. The van der Waals surface area contributed by atoms with Crippen LogP contribution in [0.25, 0.3) is 10.9 Å². The monoisotopic (exact) mass is 251 g/mol. The van der Waals surface area contributed by atoms with E-state index in [9.17, 15) is 5.11 Å². The molecule has 0 fully saturated rings. The van der Waals surface area contributed by atoms with E-state index >= 15 is 0 Å². The van der Waals surface area contributed by atoms with Gasteiger partial charge in [0.15, 0.2) is 0 Å². The van der Waals surface area contributed by atoms with E-state index in [1.54, 1.807) is 0 Å². The third kappa shape index (κ3) is 2.15. The van der Waals surface area contributed by atoms with Crippen molar-refractivity contribution < 1.29 is 5.11 Å². The minimum Gasteiger partial charge on any atom is -0.384 e. The van der Waals surface area contributed by atoms with Crippen molar-refractivity contribution in [2.24, 2.45) is 0 Å². The maximum Gasteiger partial charge on any atom is 0.104 e. The van der Waals surface area contributed by atoms with E-state index in [0.29, 0.717) is 0 Å². The molecule has 1 heterocycles. The highest BCUT2D eigenvalue weighted by Gasteiger charge is 2.11. The average Bonchev–Trinajstić information content (AvgIpc) is 2.88. The number of aromatic amines is 1. The summed E-state index contributed by atoms with van der Waals surface area (Å²) in [5.41, 5.74) is 5.42. The van der Waals surface area contributed by atoms with Gasteiger partial charge in [0.05, 0.1) is 0 Å². The summed E-state index contributed by atoms with van der Waals surface area (Å²) in [7, 11) is 0. The van der Waals surface area contributed by atoms with Crippen LogP contribution in [0.5, 0.6) is 0 Å². The molecule has 0 aliphatic carbocycles. The van der Waals surface area contributed by atoms with E-state index in [2.05, 4.69) is 31.0 Å². The molecule has 0 radical (unpaired) electrons. The van der Waals surface area contributed by atoms with Crippen molar-refractivity contribution in [3.8, 4) is 0 Å². The largest absolute Gasteiger partial charge is 0.384 e. The molecular weight excluding hydrogens is 234 g/mol. The van der Waals surface area contributed by atoms with Gasteiger partial charge in [-0.05, 0) is 59.7 Å². The quantitative estimate of drug-likeness (QED) is 0.712. The first-order chi connectivity index (χ1) is 9.15. The molecule has 1 unspecified atom stereocenters. The summed E-state index contributed by atoms with van der Waals surface area (Å²) in [6.07, 6.45) is 1.34. The molecule has 0 saturated carbocycles. The molecule has 1 atom stereocenters. The van der Waals surface area contributed by atoms with Crippen molar-refractivity contribution in [3.05, 3.63) is 70.9 Å². The van der Waals surface area contributed by atoms with Crippen LogP contribution in [0.2, 0.25) is 0 Å². The minimum absolute atomic E-state index is 0.571. The summed E-state index contributed by atoms with van der Waals surface area (Å²) >= 11 is 0. The number of aliphatic hydroxyl groups is 1. The molecule has 3 rings (SSSR count). The van der Waals surface area contributed by atoms with Gasteiger partial charge in [0.25, 0.3) is 0 Å². The first-order valence-corrected chi connectivity index (χ1v) is 6.47. The van der Waals surface area contributed by atoms with Gasteiger partial charge in [-0.15, -0.1) is 0 Å². The summed E-state index contributed by atoms with van der Waals surface area (Å²) in [5.74, 6) is 0. The fourth-order valence-corrected chi connectivity index (χ4v) is 2.37. The molecular formula is C17H17NO. The smallest absolute Gasteiger partial charge is 0.104 e. The van der Waals surface area contributed by atoms with Crippen LogP contribution in [0.4, 0.5) is 0 Å². The van der Waals surface area contributed by atoms with E-state index < -0.39 is 6.10 Å². The third-order valence-corrected chi connectivity index (χ3v) is 3.74. The summed E-state index contributed by atoms with van der Waals surface area (Å²) in [4.78, 5) is 3.16.